The number of aromatic nitrogens is 4. The fraction of sp³-hybridized carbons (Fsp3) is 0. The van der Waals surface area contributed by atoms with E-state index in [0.29, 0.717) is 5.13 Å². The smallest absolute Gasteiger partial charge is 0.338 e. The second-order valence-corrected chi connectivity index (χ2v) is 2.96. The molecule has 0 spiro atoms. The molecule has 0 amide bonds. The SMILES string of the molecule is O=C(O)c1cnn(-c2ncns2)c1. The van der Waals surface area contributed by atoms with Gasteiger partial charge >= 0.3 is 5.97 Å². The van der Waals surface area contributed by atoms with Crippen LogP contribution in [0.15, 0.2) is 18.7 Å². The molecule has 2 aromatic heterocycles. The zero-order valence-corrected chi connectivity index (χ0v) is 7.10. The molecule has 0 atom stereocenters. The Morgan fingerprint density at radius 3 is 3.00 bits per heavy atom. The van der Waals surface area contributed by atoms with Gasteiger partial charge < -0.3 is 5.11 Å². The lowest BCUT2D eigenvalue weighted by atomic mass is 10.4. The normalized spacial score (nSPS) is 10.2. The summed E-state index contributed by atoms with van der Waals surface area (Å²) in [5, 5.41) is 13.0. The Morgan fingerprint density at radius 1 is 1.62 bits per heavy atom. The van der Waals surface area contributed by atoms with Crippen LogP contribution in [0.2, 0.25) is 0 Å². The van der Waals surface area contributed by atoms with E-state index in [4.69, 9.17) is 5.11 Å². The predicted octanol–water partition coefficient (Wildman–Crippen LogP) is 0.422. The second-order valence-electron chi connectivity index (χ2n) is 2.20. The maximum atomic E-state index is 10.5. The van der Waals surface area contributed by atoms with Gasteiger partial charge in [-0.05, 0) is 0 Å². The van der Waals surface area contributed by atoms with E-state index in [2.05, 4.69) is 14.5 Å². The minimum Gasteiger partial charge on any atom is -0.478 e. The first-order valence-electron chi connectivity index (χ1n) is 3.32. The van der Waals surface area contributed by atoms with Gasteiger partial charge in [-0.2, -0.15) is 9.47 Å². The molecule has 0 radical (unpaired) electrons. The highest BCUT2D eigenvalue weighted by molar-refractivity contribution is 7.07. The van der Waals surface area contributed by atoms with Gasteiger partial charge in [0.25, 0.3) is 0 Å². The summed E-state index contributed by atoms with van der Waals surface area (Å²) in [5.74, 6) is -1.00. The van der Waals surface area contributed by atoms with E-state index in [1.165, 1.54) is 23.4 Å². The first-order chi connectivity index (χ1) is 6.27. The van der Waals surface area contributed by atoms with Crippen molar-refractivity contribution in [2.24, 2.45) is 0 Å². The number of rotatable bonds is 2. The molecule has 6 nitrogen and oxygen atoms in total. The van der Waals surface area contributed by atoms with Crippen molar-refractivity contribution < 1.29 is 9.90 Å². The number of carboxylic acid groups (broad SMARTS) is 1. The number of carbonyl (C=O) groups is 1. The number of carboxylic acids is 1. The zero-order valence-electron chi connectivity index (χ0n) is 6.28. The van der Waals surface area contributed by atoms with Crippen molar-refractivity contribution in [3.8, 4) is 5.13 Å². The molecule has 0 unspecified atom stereocenters. The van der Waals surface area contributed by atoms with Gasteiger partial charge in [0.1, 0.15) is 6.33 Å². The highest BCUT2D eigenvalue weighted by Gasteiger charge is 2.08. The monoisotopic (exact) mass is 196 g/mol. The van der Waals surface area contributed by atoms with Crippen molar-refractivity contribution in [2.45, 2.75) is 0 Å². The molecule has 7 heteroatoms. The largest absolute Gasteiger partial charge is 0.478 e. The summed E-state index contributed by atoms with van der Waals surface area (Å²) < 4.78 is 5.15. The summed E-state index contributed by atoms with van der Waals surface area (Å²) in [6.07, 6.45) is 4.05. The molecule has 0 saturated carbocycles. The molecular weight excluding hydrogens is 192 g/mol. The Labute approximate surface area is 76.6 Å². The molecule has 0 aliphatic rings. The molecule has 0 aromatic carbocycles. The van der Waals surface area contributed by atoms with E-state index in [-0.39, 0.29) is 5.56 Å². The maximum absolute atomic E-state index is 10.5. The number of aromatic carboxylic acids is 1. The van der Waals surface area contributed by atoms with Crippen LogP contribution >= 0.6 is 11.5 Å². The third-order valence-electron chi connectivity index (χ3n) is 1.38. The van der Waals surface area contributed by atoms with Crippen LogP contribution < -0.4 is 0 Å². The van der Waals surface area contributed by atoms with Crippen LogP contribution in [0.3, 0.4) is 0 Å². The van der Waals surface area contributed by atoms with Gasteiger partial charge in [0.05, 0.1) is 11.8 Å². The van der Waals surface area contributed by atoms with Crippen LogP contribution in [-0.2, 0) is 0 Å². The van der Waals surface area contributed by atoms with Crippen LogP contribution in [0.5, 0.6) is 0 Å². The molecule has 0 aliphatic heterocycles. The van der Waals surface area contributed by atoms with Crippen LogP contribution in [0.4, 0.5) is 0 Å². The zero-order chi connectivity index (χ0) is 9.26. The number of hydrogen-bond acceptors (Lipinski definition) is 5. The fourth-order valence-corrected chi connectivity index (χ4v) is 1.27. The van der Waals surface area contributed by atoms with Crippen LogP contribution in [0.25, 0.3) is 5.13 Å². The minimum atomic E-state index is -1.00. The average Bonchev–Trinajstić information content (AvgIpc) is 2.75. The molecule has 2 heterocycles. The molecule has 0 fully saturated rings. The maximum Gasteiger partial charge on any atom is 0.338 e. The molecule has 2 aromatic rings. The first kappa shape index (κ1) is 7.87. The van der Waals surface area contributed by atoms with Crippen LogP contribution in [-0.4, -0.2) is 30.2 Å². The lowest BCUT2D eigenvalue weighted by Gasteiger charge is -1.89. The summed E-state index contributed by atoms with van der Waals surface area (Å²) >= 11 is 1.15. The van der Waals surface area contributed by atoms with E-state index in [1.807, 2.05) is 0 Å². The van der Waals surface area contributed by atoms with Crippen LogP contribution in [0, 0.1) is 0 Å². The predicted molar refractivity (Wildman–Crippen MR) is 44.0 cm³/mol. The molecule has 0 aliphatic carbocycles. The molecule has 2 rings (SSSR count). The standard InChI is InChI=1S/C6H4N4O2S/c11-5(12)4-1-8-10(2-4)6-7-3-9-13-6/h1-3H,(H,11,12). The highest BCUT2D eigenvalue weighted by atomic mass is 32.1. The van der Waals surface area contributed by atoms with Gasteiger partial charge in [-0.1, -0.05) is 0 Å². The lowest BCUT2D eigenvalue weighted by Crippen LogP contribution is -1.94. The van der Waals surface area contributed by atoms with E-state index < -0.39 is 5.97 Å². The summed E-state index contributed by atoms with van der Waals surface area (Å²) in [6, 6.07) is 0. The van der Waals surface area contributed by atoms with Gasteiger partial charge in [0, 0.05) is 17.7 Å². The average molecular weight is 196 g/mol. The summed E-state index contributed by atoms with van der Waals surface area (Å²) in [6.45, 7) is 0. The van der Waals surface area contributed by atoms with Crippen molar-refractivity contribution >= 4 is 17.5 Å². The van der Waals surface area contributed by atoms with Gasteiger partial charge in [0.2, 0.25) is 5.13 Å². The van der Waals surface area contributed by atoms with Crippen molar-refractivity contribution in [3.05, 3.63) is 24.3 Å². The van der Waals surface area contributed by atoms with E-state index in [0.717, 1.165) is 11.5 Å². The Hall–Kier alpha value is -1.76. The lowest BCUT2D eigenvalue weighted by molar-refractivity contribution is 0.0697. The first-order valence-corrected chi connectivity index (χ1v) is 4.10. The van der Waals surface area contributed by atoms with Crippen molar-refractivity contribution in [1.82, 2.24) is 19.1 Å². The fourth-order valence-electron chi connectivity index (χ4n) is 0.806. The van der Waals surface area contributed by atoms with E-state index in [9.17, 15) is 4.79 Å². The van der Waals surface area contributed by atoms with E-state index in [1.54, 1.807) is 0 Å². The van der Waals surface area contributed by atoms with Crippen LogP contribution in [0.1, 0.15) is 10.4 Å². The molecule has 1 N–H and O–H groups in total. The third-order valence-corrected chi connectivity index (χ3v) is 2.03. The van der Waals surface area contributed by atoms with E-state index >= 15 is 0 Å². The van der Waals surface area contributed by atoms with Gasteiger partial charge in [-0.25, -0.2) is 14.5 Å². The summed E-state index contributed by atoms with van der Waals surface area (Å²) in [4.78, 5) is 14.4. The summed E-state index contributed by atoms with van der Waals surface area (Å²) in [5.41, 5.74) is 0.134. The molecule has 0 saturated heterocycles. The van der Waals surface area contributed by atoms with Gasteiger partial charge in [0.15, 0.2) is 0 Å². The summed E-state index contributed by atoms with van der Waals surface area (Å²) in [7, 11) is 0. The van der Waals surface area contributed by atoms with Crippen molar-refractivity contribution in [1.29, 1.82) is 0 Å². The number of hydrogen-bond donors (Lipinski definition) is 1. The molecular formula is C6H4N4O2S. The molecule has 66 valence electrons. The Balaban J connectivity index is 2.39. The van der Waals surface area contributed by atoms with Gasteiger partial charge in [-0.15, -0.1) is 0 Å². The quantitative estimate of drug-likeness (QED) is 0.752. The van der Waals surface area contributed by atoms with Crippen molar-refractivity contribution in [2.75, 3.05) is 0 Å². The topological polar surface area (TPSA) is 80.9 Å². The highest BCUT2D eigenvalue weighted by Crippen LogP contribution is 2.07. The Kier molecular flexibility index (Phi) is 1.78. The molecule has 13 heavy (non-hydrogen) atoms. The second kappa shape index (κ2) is 2.94. The minimum absolute atomic E-state index is 0.134. The Bertz CT molecular complexity index is 422. The Morgan fingerprint density at radius 2 is 2.46 bits per heavy atom. The third kappa shape index (κ3) is 1.41. The van der Waals surface area contributed by atoms with Crippen molar-refractivity contribution in [3.63, 3.8) is 0 Å². The van der Waals surface area contributed by atoms with Gasteiger partial charge in [-0.3, -0.25) is 0 Å². The number of nitrogens with zero attached hydrogens (tertiary/aromatic N) is 4. The molecule has 0 bridgehead atoms.